The summed E-state index contributed by atoms with van der Waals surface area (Å²) in [7, 11) is -5.54. The van der Waals surface area contributed by atoms with Crippen LogP contribution in [-0.4, -0.2) is 42.7 Å². The second-order valence-electron chi connectivity index (χ2n) is 5.61. The third-order valence-corrected chi connectivity index (χ3v) is 6.88. The molecule has 1 aromatic carbocycles. The first-order chi connectivity index (χ1) is 10.1. The molecule has 1 N–H and O–H groups in total. The number of hydrogen-bond acceptors (Lipinski definition) is 4. The van der Waals surface area contributed by atoms with Crippen molar-refractivity contribution in [2.75, 3.05) is 34.5 Å². The minimum Gasteiger partial charge on any atom is -0.254 e. The predicted octanol–water partition coefficient (Wildman–Crippen LogP) is 0.763. The molecule has 0 aromatic heterocycles. The summed E-state index contributed by atoms with van der Waals surface area (Å²) in [6.07, 6.45) is 0. The van der Waals surface area contributed by atoms with Crippen LogP contribution in [0.15, 0.2) is 24.3 Å². The zero-order valence-electron chi connectivity index (χ0n) is 12.9. The molecule has 0 fully saturated rings. The van der Waals surface area contributed by atoms with E-state index in [9.17, 15) is 16.8 Å². The lowest BCUT2D eigenvalue weighted by Gasteiger charge is -2.19. The summed E-state index contributed by atoms with van der Waals surface area (Å²) in [5.41, 5.74) is 1.15. The molecule has 0 unspecified atom stereocenters. The Balaban J connectivity index is 2.10. The molecule has 0 bridgehead atoms. The second-order valence-corrected chi connectivity index (χ2v) is 9.34. The minimum atomic E-state index is -3.63. The van der Waals surface area contributed by atoms with Gasteiger partial charge in [-0.2, -0.15) is 8.42 Å². The van der Waals surface area contributed by atoms with E-state index in [1.165, 1.54) is 15.7 Å². The van der Waals surface area contributed by atoms with Crippen LogP contribution >= 0.6 is 0 Å². The topological polar surface area (TPSA) is 86.8 Å². The Morgan fingerprint density at radius 2 is 1.77 bits per heavy atom. The fraction of sp³-hybridized carbons (Fsp3) is 0.538. The summed E-state index contributed by atoms with van der Waals surface area (Å²) >= 11 is 0. The monoisotopic (exact) mass is 347 g/mol. The van der Waals surface area contributed by atoms with Gasteiger partial charge in [0.05, 0.1) is 17.1 Å². The maximum Gasteiger partial charge on any atom is 0.326 e. The number of sulfonamides is 1. The number of fused-ring (bicyclic) bond motifs is 1. The molecule has 0 radical (unpaired) electrons. The van der Waals surface area contributed by atoms with Gasteiger partial charge in [-0.3, -0.25) is 4.31 Å². The Hall–Kier alpha value is -1.32. The van der Waals surface area contributed by atoms with Crippen molar-refractivity contribution in [1.29, 1.82) is 0 Å². The van der Waals surface area contributed by atoms with Gasteiger partial charge in [0.25, 0.3) is 0 Å². The fourth-order valence-corrected chi connectivity index (χ4v) is 5.20. The van der Waals surface area contributed by atoms with Crippen molar-refractivity contribution in [3.05, 3.63) is 24.3 Å². The van der Waals surface area contributed by atoms with E-state index in [4.69, 9.17) is 0 Å². The van der Waals surface area contributed by atoms with E-state index in [-0.39, 0.29) is 24.8 Å². The lowest BCUT2D eigenvalue weighted by Crippen LogP contribution is -2.41. The van der Waals surface area contributed by atoms with Crippen molar-refractivity contribution in [3.8, 4) is 0 Å². The molecule has 1 heterocycles. The minimum absolute atomic E-state index is 0.0138. The molecule has 7 nitrogen and oxygen atoms in total. The van der Waals surface area contributed by atoms with E-state index in [0.717, 1.165) is 0 Å². The highest BCUT2D eigenvalue weighted by molar-refractivity contribution is 7.94. The largest absolute Gasteiger partial charge is 0.326 e. The lowest BCUT2D eigenvalue weighted by molar-refractivity contribution is 0.566. The normalized spacial score (nSPS) is 17.1. The summed E-state index contributed by atoms with van der Waals surface area (Å²) in [4.78, 5) is 0. The zero-order chi connectivity index (χ0) is 16.5. The molecule has 0 atom stereocenters. The molecule has 0 saturated heterocycles. The van der Waals surface area contributed by atoms with E-state index in [1.54, 1.807) is 24.3 Å². The summed E-state index contributed by atoms with van der Waals surface area (Å²) in [5, 5.41) is 0. The fourth-order valence-electron chi connectivity index (χ4n) is 2.37. The molecular weight excluding hydrogens is 326 g/mol. The van der Waals surface area contributed by atoms with E-state index in [0.29, 0.717) is 11.4 Å². The van der Waals surface area contributed by atoms with Crippen LogP contribution in [-0.2, 0) is 20.2 Å². The Bertz CT molecular complexity index is 744. The second kappa shape index (κ2) is 6.05. The van der Waals surface area contributed by atoms with Gasteiger partial charge < -0.3 is 0 Å². The molecule has 1 aliphatic rings. The maximum atomic E-state index is 12.4. The molecule has 0 spiro atoms. The van der Waals surface area contributed by atoms with Crippen LogP contribution in [0.4, 0.5) is 11.4 Å². The molecule has 0 aliphatic carbocycles. The average Bonchev–Trinajstić information content (AvgIpc) is 2.58. The molecule has 22 heavy (non-hydrogen) atoms. The first-order valence-electron chi connectivity index (χ1n) is 6.98. The Morgan fingerprint density at radius 3 is 2.36 bits per heavy atom. The molecule has 1 aliphatic heterocycles. The van der Waals surface area contributed by atoms with Crippen LogP contribution in [0.5, 0.6) is 0 Å². The molecular formula is C13H21N3O4S2. The van der Waals surface area contributed by atoms with Crippen LogP contribution in [0, 0.1) is 5.92 Å². The maximum absolute atomic E-state index is 12.4. The summed E-state index contributed by atoms with van der Waals surface area (Å²) in [6, 6.07) is 6.94. The number of anilines is 2. The highest BCUT2D eigenvalue weighted by Gasteiger charge is 2.37. The standard InChI is InChI=1S/C13H21N3O4S2/c1-11(2)10-21(17,18)14-8-9-16-13-7-5-4-6-12(13)15(3)22(16,19)20/h4-7,11,14H,8-10H2,1-3H3. The Morgan fingerprint density at radius 1 is 1.18 bits per heavy atom. The quantitative estimate of drug-likeness (QED) is 0.823. The predicted molar refractivity (Wildman–Crippen MR) is 87.7 cm³/mol. The Labute approximate surface area is 132 Å². The van der Waals surface area contributed by atoms with E-state index >= 15 is 0 Å². The van der Waals surface area contributed by atoms with Crippen LogP contribution in [0.1, 0.15) is 13.8 Å². The van der Waals surface area contributed by atoms with Gasteiger partial charge in [0.1, 0.15) is 0 Å². The van der Waals surface area contributed by atoms with Crippen LogP contribution in [0.2, 0.25) is 0 Å². The van der Waals surface area contributed by atoms with Crippen LogP contribution < -0.4 is 13.3 Å². The number of hydrogen-bond donors (Lipinski definition) is 1. The molecule has 124 valence electrons. The third-order valence-electron chi connectivity index (χ3n) is 3.30. The van der Waals surface area contributed by atoms with Gasteiger partial charge in [-0.15, -0.1) is 0 Å². The zero-order valence-corrected chi connectivity index (χ0v) is 14.5. The van der Waals surface area contributed by atoms with Gasteiger partial charge in [0.15, 0.2) is 0 Å². The van der Waals surface area contributed by atoms with E-state index < -0.39 is 20.2 Å². The van der Waals surface area contributed by atoms with Gasteiger partial charge in [0, 0.05) is 20.1 Å². The van der Waals surface area contributed by atoms with Crippen molar-refractivity contribution < 1.29 is 16.8 Å². The van der Waals surface area contributed by atoms with Gasteiger partial charge in [-0.1, -0.05) is 26.0 Å². The summed E-state index contributed by atoms with van der Waals surface area (Å²) in [6.45, 7) is 3.72. The van der Waals surface area contributed by atoms with Gasteiger partial charge in [0.2, 0.25) is 10.0 Å². The van der Waals surface area contributed by atoms with E-state index in [2.05, 4.69) is 4.72 Å². The number of para-hydroxylation sites is 2. The molecule has 1 aromatic rings. The van der Waals surface area contributed by atoms with Gasteiger partial charge >= 0.3 is 10.2 Å². The summed E-state index contributed by atoms with van der Waals surface area (Å²) < 4.78 is 53.2. The van der Waals surface area contributed by atoms with Crippen molar-refractivity contribution in [2.24, 2.45) is 5.92 Å². The summed E-state index contributed by atoms with van der Waals surface area (Å²) in [5.74, 6) is 0.0378. The van der Waals surface area contributed by atoms with E-state index in [1.807, 2.05) is 13.8 Å². The van der Waals surface area contributed by atoms with Gasteiger partial charge in [-0.25, -0.2) is 17.4 Å². The number of benzene rings is 1. The highest BCUT2D eigenvalue weighted by Crippen LogP contribution is 2.38. The molecule has 9 heteroatoms. The molecule has 0 amide bonds. The first kappa shape index (κ1) is 17.0. The first-order valence-corrected chi connectivity index (χ1v) is 10.0. The average molecular weight is 347 g/mol. The van der Waals surface area contributed by atoms with Crippen molar-refractivity contribution >= 4 is 31.6 Å². The van der Waals surface area contributed by atoms with Crippen molar-refractivity contribution in [1.82, 2.24) is 4.72 Å². The smallest absolute Gasteiger partial charge is 0.254 e. The lowest BCUT2D eigenvalue weighted by atomic mass is 10.2. The van der Waals surface area contributed by atoms with Crippen LogP contribution in [0.3, 0.4) is 0 Å². The number of rotatable bonds is 6. The van der Waals surface area contributed by atoms with Crippen LogP contribution in [0.25, 0.3) is 0 Å². The number of nitrogens with zero attached hydrogens (tertiary/aromatic N) is 2. The van der Waals surface area contributed by atoms with Crippen molar-refractivity contribution in [2.45, 2.75) is 13.8 Å². The number of nitrogens with one attached hydrogen (secondary N) is 1. The SMILES string of the molecule is CC(C)CS(=O)(=O)NCCN1c2ccccc2N(C)S1(=O)=O. The highest BCUT2D eigenvalue weighted by atomic mass is 32.2. The van der Waals surface area contributed by atoms with Crippen molar-refractivity contribution in [3.63, 3.8) is 0 Å². The van der Waals surface area contributed by atoms with Gasteiger partial charge in [-0.05, 0) is 18.1 Å². The molecule has 0 saturated carbocycles. The Kier molecular flexibility index (Phi) is 4.69. The molecule has 2 rings (SSSR count). The third kappa shape index (κ3) is 3.36.